The Hall–Kier alpha value is -3.10. The predicted octanol–water partition coefficient (Wildman–Crippen LogP) is 4.36. The molecule has 208 valence electrons. The summed E-state index contributed by atoms with van der Waals surface area (Å²) in [4.78, 5) is 53.8. The van der Waals surface area contributed by atoms with Crippen LogP contribution in [-0.4, -0.2) is 59.1 Å². The monoisotopic (exact) mass is 519 g/mol. The molecule has 2 N–H and O–H groups in total. The van der Waals surface area contributed by atoms with Crippen LogP contribution in [0.2, 0.25) is 0 Å². The first kappa shape index (κ1) is 31.9. The molecule has 0 heterocycles. The van der Waals surface area contributed by atoms with Gasteiger partial charge in [0.05, 0.1) is 13.0 Å². The second-order valence-corrected chi connectivity index (χ2v) is 10.9. The largest absolute Gasteiger partial charge is 0.466 e. The fourth-order valence-electron chi connectivity index (χ4n) is 3.71. The van der Waals surface area contributed by atoms with Crippen LogP contribution in [0.15, 0.2) is 30.3 Å². The average molecular weight is 520 g/mol. The van der Waals surface area contributed by atoms with Crippen molar-refractivity contribution < 1.29 is 28.7 Å². The van der Waals surface area contributed by atoms with E-state index in [1.165, 1.54) is 0 Å². The molecule has 0 bridgehead atoms. The number of hydrogen-bond acceptors (Lipinski definition) is 6. The van der Waals surface area contributed by atoms with Crippen molar-refractivity contribution in [2.75, 3.05) is 13.2 Å². The van der Waals surface area contributed by atoms with Gasteiger partial charge in [0, 0.05) is 12.1 Å². The van der Waals surface area contributed by atoms with Gasteiger partial charge in [0.25, 0.3) is 0 Å². The Labute approximate surface area is 221 Å². The second kappa shape index (κ2) is 14.0. The Balaban J connectivity index is 3.45. The first-order valence-electron chi connectivity index (χ1n) is 13.0. The summed E-state index contributed by atoms with van der Waals surface area (Å²) >= 11 is 0. The molecule has 0 aliphatic heterocycles. The molecule has 9 heteroatoms. The van der Waals surface area contributed by atoms with Crippen LogP contribution in [0.25, 0.3) is 0 Å². The van der Waals surface area contributed by atoms with Crippen molar-refractivity contribution >= 4 is 23.9 Å². The molecule has 2 atom stereocenters. The molecule has 0 radical (unpaired) electrons. The molecule has 0 aliphatic rings. The number of carbonyl (C=O) groups excluding carboxylic acids is 4. The third-order valence-electron chi connectivity index (χ3n) is 5.92. The Bertz CT molecular complexity index is 908. The third-order valence-corrected chi connectivity index (χ3v) is 5.92. The van der Waals surface area contributed by atoms with Gasteiger partial charge in [0.2, 0.25) is 11.8 Å². The summed E-state index contributed by atoms with van der Waals surface area (Å²) in [7, 11) is 0. The molecule has 2 unspecified atom stereocenters. The first-order valence-corrected chi connectivity index (χ1v) is 13.0. The summed E-state index contributed by atoms with van der Waals surface area (Å²) in [6, 6.07) is 7.08. The van der Waals surface area contributed by atoms with Crippen LogP contribution in [0.5, 0.6) is 0 Å². The molecule has 0 aliphatic carbocycles. The van der Waals surface area contributed by atoms with Crippen LogP contribution in [-0.2, 0) is 23.9 Å². The second-order valence-electron chi connectivity index (χ2n) is 10.9. The van der Waals surface area contributed by atoms with Gasteiger partial charge in [-0.3, -0.25) is 14.4 Å². The quantitative estimate of drug-likeness (QED) is 0.397. The fourth-order valence-corrected chi connectivity index (χ4v) is 3.71. The first-order chi connectivity index (χ1) is 17.1. The number of benzene rings is 1. The Morgan fingerprint density at radius 3 is 2.05 bits per heavy atom. The summed E-state index contributed by atoms with van der Waals surface area (Å²) in [5, 5.41) is 5.52. The minimum absolute atomic E-state index is 0.0149. The van der Waals surface area contributed by atoms with Gasteiger partial charge in [-0.2, -0.15) is 0 Å². The number of nitrogens with one attached hydrogen (secondary N) is 2. The molecule has 1 aromatic carbocycles. The lowest BCUT2D eigenvalue weighted by Gasteiger charge is -2.45. The van der Waals surface area contributed by atoms with Gasteiger partial charge >= 0.3 is 12.1 Å². The summed E-state index contributed by atoms with van der Waals surface area (Å²) < 4.78 is 10.4. The molecule has 0 saturated heterocycles. The number of hydrogen-bond donors (Lipinski definition) is 2. The van der Waals surface area contributed by atoms with Crippen LogP contribution in [0, 0.1) is 5.92 Å². The molecule has 37 heavy (non-hydrogen) atoms. The molecule has 0 aromatic heterocycles. The Morgan fingerprint density at radius 2 is 1.57 bits per heavy atom. The van der Waals surface area contributed by atoms with Gasteiger partial charge in [-0.1, -0.05) is 51.1 Å². The van der Waals surface area contributed by atoms with Crippen LogP contribution < -0.4 is 10.6 Å². The van der Waals surface area contributed by atoms with E-state index in [-0.39, 0.29) is 25.5 Å². The van der Waals surface area contributed by atoms with E-state index in [0.717, 1.165) is 0 Å². The number of carbonyl (C=O) groups is 4. The highest BCUT2D eigenvalue weighted by Crippen LogP contribution is 2.32. The van der Waals surface area contributed by atoms with E-state index >= 15 is 0 Å². The summed E-state index contributed by atoms with van der Waals surface area (Å²) in [5.74, 6) is -1.52. The van der Waals surface area contributed by atoms with E-state index in [4.69, 9.17) is 9.47 Å². The van der Waals surface area contributed by atoms with E-state index in [1.807, 2.05) is 40.7 Å². The third kappa shape index (κ3) is 10.1. The minimum atomic E-state index is -0.993. The summed E-state index contributed by atoms with van der Waals surface area (Å²) in [6.07, 6.45) is -0.139. The highest BCUT2D eigenvalue weighted by molar-refractivity contribution is 5.93. The topological polar surface area (TPSA) is 114 Å². The lowest BCUT2D eigenvalue weighted by atomic mass is 9.90. The number of nitrogens with zero attached hydrogens (tertiary/aromatic N) is 1. The number of rotatable bonds is 12. The molecule has 1 aromatic rings. The number of esters is 1. The van der Waals surface area contributed by atoms with Gasteiger partial charge in [0.15, 0.2) is 0 Å². The zero-order valence-electron chi connectivity index (χ0n) is 23.8. The van der Waals surface area contributed by atoms with Crippen LogP contribution >= 0.6 is 0 Å². The number of ether oxygens (including phenoxy) is 2. The predicted molar refractivity (Wildman–Crippen MR) is 143 cm³/mol. The summed E-state index contributed by atoms with van der Waals surface area (Å²) in [6.45, 7) is 16.7. The maximum absolute atomic E-state index is 14.2. The Kier molecular flexibility index (Phi) is 12.1. The van der Waals surface area contributed by atoms with Crippen molar-refractivity contribution in [2.45, 2.75) is 98.4 Å². The maximum Gasteiger partial charge on any atom is 0.408 e. The SMILES string of the molecule is CCOC(=O)CCNC(=O)C(c1ccccc1)N(C(=O)C(NC(=O)OC(C)(C)C)C(C)C)C(C)(C)CC. The van der Waals surface area contributed by atoms with Crippen molar-refractivity contribution in [3.8, 4) is 0 Å². The highest BCUT2D eigenvalue weighted by Gasteiger charge is 2.43. The van der Waals surface area contributed by atoms with E-state index in [1.54, 1.807) is 56.9 Å². The number of amides is 3. The number of alkyl carbamates (subject to hydrolysis) is 1. The molecule has 9 nitrogen and oxygen atoms in total. The lowest BCUT2D eigenvalue weighted by Crippen LogP contribution is -2.60. The van der Waals surface area contributed by atoms with Gasteiger partial charge in [0.1, 0.15) is 17.7 Å². The molecule has 0 spiro atoms. The van der Waals surface area contributed by atoms with Crippen LogP contribution in [0.1, 0.15) is 86.8 Å². The van der Waals surface area contributed by atoms with E-state index in [2.05, 4.69) is 10.6 Å². The van der Waals surface area contributed by atoms with E-state index in [9.17, 15) is 19.2 Å². The molecule has 0 fully saturated rings. The van der Waals surface area contributed by atoms with Crippen molar-refractivity contribution in [1.82, 2.24) is 15.5 Å². The van der Waals surface area contributed by atoms with Crippen molar-refractivity contribution in [3.63, 3.8) is 0 Å². The molecule has 1 rings (SSSR count). The van der Waals surface area contributed by atoms with Gasteiger partial charge in [-0.25, -0.2) is 4.79 Å². The van der Waals surface area contributed by atoms with Crippen molar-refractivity contribution in [1.29, 1.82) is 0 Å². The zero-order chi connectivity index (χ0) is 28.4. The van der Waals surface area contributed by atoms with Crippen molar-refractivity contribution in [2.24, 2.45) is 5.92 Å². The van der Waals surface area contributed by atoms with E-state index < -0.39 is 47.1 Å². The van der Waals surface area contributed by atoms with Crippen LogP contribution in [0.3, 0.4) is 0 Å². The van der Waals surface area contributed by atoms with Crippen molar-refractivity contribution in [3.05, 3.63) is 35.9 Å². The van der Waals surface area contributed by atoms with Crippen LogP contribution in [0.4, 0.5) is 4.79 Å². The molecular formula is C28H45N3O6. The smallest absolute Gasteiger partial charge is 0.408 e. The highest BCUT2D eigenvalue weighted by atomic mass is 16.6. The normalized spacial score (nSPS) is 13.4. The standard InChI is InChI=1S/C28H45N3O6/c1-10-28(8,9)31(25(34)22(19(3)4)30-26(35)37-27(5,6)7)23(20-15-13-12-14-16-20)24(33)29-18-17-21(32)36-11-2/h12-16,19,22-23H,10-11,17-18H2,1-9H3,(H,29,33)(H,30,35). The summed E-state index contributed by atoms with van der Waals surface area (Å²) in [5.41, 5.74) is -0.868. The molecule has 3 amide bonds. The average Bonchev–Trinajstić information content (AvgIpc) is 2.79. The van der Waals surface area contributed by atoms with Gasteiger partial charge < -0.3 is 25.0 Å². The van der Waals surface area contributed by atoms with E-state index in [0.29, 0.717) is 12.0 Å². The minimum Gasteiger partial charge on any atom is -0.466 e. The lowest BCUT2D eigenvalue weighted by molar-refractivity contribution is -0.150. The molecular weight excluding hydrogens is 474 g/mol. The van der Waals surface area contributed by atoms with Gasteiger partial charge in [-0.15, -0.1) is 0 Å². The van der Waals surface area contributed by atoms with Gasteiger partial charge in [-0.05, 0) is 59.4 Å². The zero-order valence-corrected chi connectivity index (χ0v) is 23.8. The Morgan fingerprint density at radius 1 is 0.973 bits per heavy atom. The fraction of sp³-hybridized carbons (Fsp3) is 0.643. The molecule has 0 saturated carbocycles. The maximum atomic E-state index is 14.2.